The molecule has 138 valence electrons. The van der Waals surface area contributed by atoms with Gasteiger partial charge in [0.15, 0.2) is 6.10 Å². The van der Waals surface area contributed by atoms with Gasteiger partial charge in [0.25, 0.3) is 0 Å². The number of carboxylic acid groups (broad SMARTS) is 1. The van der Waals surface area contributed by atoms with Crippen molar-refractivity contribution in [1.82, 2.24) is 0 Å². The third-order valence-electron chi connectivity index (χ3n) is 4.07. The molecule has 1 atom stereocenters. The van der Waals surface area contributed by atoms with Gasteiger partial charge < -0.3 is 14.6 Å². The maximum atomic E-state index is 11.6. The van der Waals surface area contributed by atoms with Gasteiger partial charge in [-0.1, -0.05) is 36.4 Å². The lowest BCUT2D eigenvalue weighted by atomic mass is 10.1. The van der Waals surface area contributed by atoms with E-state index in [1.165, 1.54) is 0 Å². The number of hydrogen-bond donors (Lipinski definition) is 1. The van der Waals surface area contributed by atoms with Crippen LogP contribution in [0.25, 0.3) is 0 Å². The first-order chi connectivity index (χ1) is 13.0. The Labute approximate surface area is 159 Å². The Hall–Kier alpha value is -3.27. The molecule has 1 N–H and O–H groups in total. The SMILES string of the molecule is Cc1cc(C)cc(O[C@@H](Cc2ccc(Oc3ccccc3)cc2)C(=O)O)c1. The summed E-state index contributed by atoms with van der Waals surface area (Å²) in [5.74, 6) is 1.04. The summed E-state index contributed by atoms with van der Waals surface area (Å²) in [5.41, 5.74) is 2.94. The van der Waals surface area contributed by atoms with Crippen LogP contribution in [-0.2, 0) is 11.2 Å². The van der Waals surface area contributed by atoms with Crippen LogP contribution in [0.1, 0.15) is 16.7 Å². The first-order valence-corrected chi connectivity index (χ1v) is 8.79. The fourth-order valence-corrected chi connectivity index (χ4v) is 2.88. The maximum Gasteiger partial charge on any atom is 0.345 e. The van der Waals surface area contributed by atoms with Crippen LogP contribution >= 0.6 is 0 Å². The molecule has 0 heterocycles. The number of para-hydroxylation sites is 1. The van der Waals surface area contributed by atoms with E-state index in [9.17, 15) is 9.90 Å². The van der Waals surface area contributed by atoms with Gasteiger partial charge in [-0.3, -0.25) is 0 Å². The molecule has 3 aromatic carbocycles. The van der Waals surface area contributed by atoms with E-state index in [-0.39, 0.29) is 6.42 Å². The Bertz CT molecular complexity index is 881. The zero-order valence-corrected chi connectivity index (χ0v) is 15.4. The number of ether oxygens (including phenoxy) is 2. The number of rotatable bonds is 7. The lowest BCUT2D eigenvalue weighted by Gasteiger charge is -2.16. The normalized spacial score (nSPS) is 11.6. The van der Waals surface area contributed by atoms with Crippen LogP contribution in [0.15, 0.2) is 72.8 Å². The molecule has 0 aliphatic heterocycles. The summed E-state index contributed by atoms with van der Waals surface area (Å²) in [5, 5.41) is 9.53. The topological polar surface area (TPSA) is 55.8 Å². The molecular weight excluding hydrogens is 340 g/mol. The van der Waals surface area contributed by atoms with Crippen LogP contribution in [-0.4, -0.2) is 17.2 Å². The van der Waals surface area contributed by atoms with Crippen LogP contribution in [0.2, 0.25) is 0 Å². The first kappa shape index (κ1) is 18.5. The van der Waals surface area contributed by atoms with Crippen LogP contribution in [0.5, 0.6) is 17.2 Å². The predicted octanol–water partition coefficient (Wildman–Crippen LogP) is 5.17. The summed E-state index contributed by atoms with van der Waals surface area (Å²) >= 11 is 0. The molecule has 0 amide bonds. The molecule has 3 aromatic rings. The second kappa shape index (κ2) is 8.41. The van der Waals surface area contributed by atoms with Gasteiger partial charge >= 0.3 is 5.97 Å². The van der Waals surface area contributed by atoms with E-state index in [1.54, 1.807) is 0 Å². The summed E-state index contributed by atoms with van der Waals surface area (Å²) in [6.45, 7) is 3.92. The highest BCUT2D eigenvalue weighted by Gasteiger charge is 2.20. The zero-order chi connectivity index (χ0) is 19.2. The maximum absolute atomic E-state index is 11.6. The van der Waals surface area contributed by atoms with Crippen molar-refractivity contribution < 1.29 is 19.4 Å². The monoisotopic (exact) mass is 362 g/mol. The number of hydrogen-bond acceptors (Lipinski definition) is 3. The molecule has 0 spiro atoms. The number of benzene rings is 3. The van der Waals surface area contributed by atoms with Crippen molar-refractivity contribution in [3.8, 4) is 17.2 Å². The highest BCUT2D eigenvalue weighted by Crippen LogP contribution is 2.23. The largest absolute Gasteiger partial charge is 0.478 e. The van der Waals surface area contributed by atoms with Crippen LogP contribution in [0.4, 0.5) is 0 Å². The molecular formula is C23H22O4. The lowest BCUT2D eigenvalue weighted by Crippen LogP contribution is -2.29. The molecule has 0 saturated heterocycles. The van der Waals surface area contributed by atoms with Gasteiger partial charge in [0.1, 0.15) is 17.2 Å². The smallest absolute Gasteiger partial charge is 0.345 e. The third kappa shape index (κ3) is 5.35. The molecule has 0 radical (unpaired) electrons. The van der Waals surface area contributed by atoms with Gasteiger partial charge in [0.2, 0.25) is 0 Å². The standard InChI is InChI=1S/C23H22O4/c1-16-12-17(2)14-21(13-16)27-22(23(24)25)15-18-8-10-20(11-9-18)26-19-6-4-3-5-7-19/h3-14,22H,15H2,1-2H3,(H,24,25)/t22-/m0/s1. The minimum Gasteiger partial charge on any atom is -0.478 e. The third-order valence-corrected chi connectivity index (χ3v) is 4.07. The van der Waals surface area contributed by atoms with Gasteiger partial charge in [-0.2, -0.15) is 0 Å². The van der Waals surface area contributed by atoms with Gasteiger partial charge in [0.05, 0.1) is 0 Å². The van der Waals surface area contributed by atoms with E-state index in [0.717, 1.165) is 22.4 Å². The van der Waals surface area contributed by atoms with Gasteiger partial charge in [-0.15, -0.1) is 0 Å². The number of carboxylic acids is 1. The Kier molecular flexibility index (Phi) is 5.77. The fraction of sp³-hybridized carbons (Fsp3) is 0.174. The van der Waals surface area contributed by atoms with Crippen molar-refractivity contribution in [3.63, 3.8) is 0 Å². The van der Waals surface area contributed by atoms with Crippen molar-refractivity contribution in [2.75, 3.05) is 0 Å². The van der Waals surface area contributed by atoms with Crippen molar-refractivity contribution in [2.45, 2.75) is 26.4 Å². The molecule has 0 aliphatic rings. The number of aliphatic carboxylic acids is 1. The highest BCUT2D eigenvalue weighted by molar-refractivity contribution is 5.73. The molecule has 0 saturated carbocycles. The Morgan fingerprint density at radius 2 is 1.44 bits per heavy atom. The van der Waals surface area contributed by atoms with E-state index in [1.807, 2.05) is 86.6 Å². The summed E-state index contributed by atoms with van der Waals surface area (Å²) in [4.78, 5) is 11.6. The lowest BCUT2D eigenvalue weighted by molar-refractivity contribution is -0.145. The molecule has 27 heavy (non-hydrogen) atoms. The van der Waals surface area contributed by atoms with E-state index in [4.69, 9.17) is 9.47 Å². The Balaban J connectivity index is 1.68. The molecule has 4 nitrogen and oxygen atoms in total. The highest BCUT2D eigenvalue weighted by atomic mass is 16.5. The summed E-state index contributed by atoms with van der Waals surface area (Å²) in [6.07, 6.45) is -0.680. The quantitative estimate of drug-likeness (QED) is 0.630. The van der Waals surface area contributed by atoms with Gasteiger partial charge in [0, 0.05) is 6.42 Å². The predicted molar refractivity (Wildman–Crippen MR) is 105 cm³/mol. The van der Waals surface area contributed by atoms with E-state index in [2.05, 4.69) is 0 Å². The number of carbonyl (C=O) groups is 1. The molecule has 3 rings (SSSR count). The second-order valence-electron chi connectivity index (χ2n) is 6.53. The molecule has 0 aromatic heterocycles. The minimum atomic E-state index is -0.987. The zero-order valence-electron chi connectivity index (χ0n) is 15.4. The van der Waals surface area contributed by atoms with Crippen LogP contribution < -0.4 is 9.47 Å². The first-order valence-electron chi connectivity index (χ1n) is 8.79. The average molecular weight is 362 g/mol. The molecule has 0 aliphatic carbocycles. The van der Waals surface area contributed by atoms with Crippen molar-refractivity contribution in [3.05, 3.63) is 89.5 Å². The summed E-state index contributed by atoms with van der Waals surface area (Å²) in [6, 6.07) is 22.6. The second-order valence-corrected chi connectivity index (χ2v) is 6.53. The van der Waals surface area contributed by atoms with E-state index >= 15 is 0 Å². The Morgan fingerprint density at radius 1 is 0.852 bits per heavy atom. The Morgan fingerprint density at radius 3 is 2.04 bits per heavy atom. The minimum absolute atomic E-state index is 0.272. The summed E-state index contributed by atoms with van der Waals surface area (Å²) < 4.78 is 11.5. The van der Waals surface area contributed by atoms with Crippen molar-refractivity contribution in [2.24, 2.45) is 0 Å². The molecule has 4 heteroatoms. The fourth-order valence-electron chi connectivity index (χ4n) is 2.88. The summed E-state index contributed by atoms with van der Waals surface area (Å²) in [7, 11) is 0. The van der Waals surface area contributed by atoms with Crippen molar-refractivity contribution in [1.29, 1.82) is 0 Å². The van der Waals surface area contributed by atoms with Crippen molar-refractivity contribution >= 4 is 5.97 Å². The number of aryl methyl sites for hydroxylation is 2. The molecule has 0 unspecified atom stereocenters. The average Bonchev–Trinajstić information content (AvgIpc) is 2.63. The molecule has 0 bridgehead atoms. The van der Waals surface area contributed by atoms with Crippen LogP contribution in [0, 0.1) is 13.8 Å². The molecule has 0 fully saturated rings. The van der Waals surface area contributed by atoms with E-state index < -0.39 is 12.1 Å². The van der Waals surface area contributed by atoms with Gasteiger partial charge in [-0.25, -0.2) is 4.79 Å². The van der Waals surface area contributed by atoms with Gasteiger partial charge in [-0.05, 0) is 66.9 Å². The van der Waals surface area contributed by atoms with E-state index in [0.29, 0.717) is 11.5 Å². The van der Waals surface area contributed by atoms with Crippen LogP contribution in [0.3, 0.4) is 0 Å².